The molecule has 0 saturated carbocycles. The lowest BCUT2D eigenvalue weighted by atomic mass is 9.94. The molecule has 0 aliphatic carbocycles. The van der Waals surface area contributed by atoms with Crippen molar-refractivity contribution >= 4 is 29.9 Å². The number of ether oxygens (including phenoxy) is 2. The largest absolute Gasteiger partial charge is 0.385 e. The molecule has 1 N–H and O–H groups in total. The molecular formula is C21H43IN4O2. The quantitative estimate of drug-likeness (QED) is 0.212. The number of hydrogen-bond acceptors (Lipinski definition) is 4. The molecule has 2 rings (SSSR count). The van der Waals surface area contributed by atoms with E-state index in [1.54, 1.807) is 7.11 Å². The minimum Gasteiger partial charge on any atom is -0.385 e. The zero-order valence-corrected chi connectivity index (χ0v) is 20.7. The monoisotopic (exact) mass is 510 g/mol. The molecule has 0 aromatic heterocycles. The number of rotatable bonds is 10. The van der Waals surface area contributed by atoms with E-state index < -0.39 is 0 Å². The van der Waals surface area contributed by atoms with Gasteiger partial charge in [-0.25, -0.2) is 0 Å². The van der Waals surface area contributed by atoms with Gasteiger partial charge in [-0.2, -0.15) is 0 Å². The Morgan fingerprint density at radius 2 is 1.75 bits per heavy atom. The van der Waals surface area contributed by atoms with Gasteiger partial charge < -0.3 is 24.6 Å². The molecule has 7 heteroatoms. The van der Waals surface area contributed by atoms with Crippen LogP contribution >= 0.6 is 24.0 Å². The van der Waals surface area contributed by atoms with Crippen LogP contribution < -0.4 is 5.32 Å². The molecule has 0 spiro atoms. The van der Waals surface area contributed by atoms with Crippen molar-refractivity contribution < 1.29 is 9.47 Å². The number of aliphatic imine (C=N–C) groups is 1. The Balaban J connectivity index is 0.00000392. The standard InChI is InChI=1S/C21H42N4O2.HI/c1-4-22-21(23-12-7-19-8-13-24(5-2)14-9-19)25-15-10-20(11-16-25)27-18-6-17-26-3;/h19-20H,4-18H2,1-3H3,(H,22,23);1H. The average Bonchev–Trinajstić information content (AvgIpc) is 2.71. The molecule has 2 fully saturated rings. The van der Waals surface area contributed by atoms with Crippen LogP contribution in [0.3, 0.4) is 0 Å². The molecule has 0 atom stereocenters. The molecule has 28 heavy (non-hydrogen) atoms. The molecule has 2 heterocycles. The molecule has 0 unspecified atom stereocenters. The van der Waals surface area contributed by atoms with Crippen molar-refractivity contribution in [2.75, 3.05) is 66.1 Å². The Morgan fingerprint density at radius 3 is 2.36 bits per heavy atom. The Kier molecular flexibility index (Phi) is 14.5. The Labute approximate surface area is 189 Å². The molecule has 6 nitrogen and oxygen atoms in total. The lowest BCUT2D eigenvalue weighted by molar-refractivity contribution is 0.00990. The van der Waals surface area contributed by atoms with Crippen LogP contribution in [0.25, 0.3) is 0 Å². The van der Waals surface area contributed by atoms with Gasteiger partial charge in [-0.3, -0.25) is 4.99 Å². The zero-order chi connectivity index (χ0) is 19.3. The van der Waals surface area contributed by atoms with Crippen LogP contribution in [0.15, 0.2) is 4.99 Å². The topological polar surface area (TPSA) is 49.3 Å². The van der Waals surface area contributed by atoms with Crippen LogP contribution in [0.1, 0.15) is 52.4 Å². The molecule has 0 aromatic carbocycles. The summed E-state index contributed by atoms with van der Waals surface area (Å²) in [6.45, 7) is 13.7. The highest BCUT2D eigenvalue weighted by atomic mass is 127. The van der Waals surface area contributed by atoms with E-state index in [0.29, 0.717) is 6.10 Å². The van der Waals surface area contributed by atoms with E-state index in [-0.39, 0.29) is 24.0 Å². The number of nitrogens with zero attached hydrogens (tertiary/aromatic N) is 3. The van der Waals surface area contributed by atoms with Gasteiger partial charge in [0.15, 0.2) is 5.96 Å². The van der Waals surface area contributed by atoms with Crippen LogP contribution in [0, 0.1) is 5.92 Å². The highest BCUT2D eigenvalue weighted by molar-refractivity contribution is 14.0. The second kappa shape index (κ2) is 15.7. The van der Waals surface area contributed by atoms with Gasteiger partial charge >= 0.3 is 0 Å². The first-order valence-corrected chi connectivity index (χ1v) is 11.1. The van der Waals surface area contributed by atoms with Gasteiger partial charge in [-0.15, -0.1) is 24.0 Å². The summed E-state index contributed by atoms with van der Waals surface area (Å²) in [5.41, 5.74) is 0. The van der Waals surface area contributed by atoms with Gasteiger partial charge in [0.1, 0.15) is 0 Å². The third kappa shape index (κ3) is 9.59. The smallest absolute Gasteiger partial charge is 0.193 e. The zero-order valence-electron chi connectivity index (χ0n) is 18.3. The molecule has 2 aliphatic rings. The third-order valence-electron chi connectivity index (χ3n) is 5.88. The molecular weight excluding hydrogens is 467 g/mol. The summed E-state index contributed by atoms with van der Waals surface area (Å²) in [5, 5.41) is 3.49. The lowest BCUT2D eigenvalue weighted by Gasteiger charge is -2.34. The van der Waals surface area contributed by atoms with Crippen molar-refractivity contribution in [3.05, 3.63) is 0 Å². The minimum atomic E-state index is 0. The maximum absolute atomic E-state index is 5.98. The third-order valence-corrected chi connectivity index (χ3v) is 5.88. The van der Waals surface area contributed by atoms with Gasteiger partial charge in [0.25, 0.3) is 0 Å². The van der Waals surface area contributed by atoms with E-state index in [1.807, 2.05) is 0 Å². The molecule has 0 bridgehead atoms. The maximum Gasteiger partial charge on any atom is 0.193 e. The average molecular weight is 511 g/mol. The normalized spacial score (nSPS) is 20.2. The highest BCUT2D eigenvalue weighted by Crippen LogP contribution is 2.20. The number of methoxy groups -OCH3 is 1. The molecule has 0 aromatic rings. The first-order chi connectivity index (χ1) is 13.3. The molecule has 2 saturated heterocycles. The van der Waals surface area contributed by atoms with Crippen LogP contribution in [0.2, 0.25) is 0 Å². The fraction of sp³-hybridized carbons (Fsp3) is 0.952. The van der Waals surface area contributed by atoms with Crippen LogP contribution in [-0.4, -0.2) is 88.0 Å². The Bertz CT molecular complexity index is 409. The summed E-state index contributed by atoms with van der Waals surface area (Å²) >= 11 is 0. The fourth-order valence-electron chi connectivity index (χ4n) is 4.06. The summed E-state index contributed by atoms with van der Waals surface area (Å²) in [7, 11) is 1.74. The fourth-order valence-corrected chi connectivity index (χ4v) is 4.06. The SMILES string of the molecule is CCNC(=NCCC1CCN(CC)CC1)N1CCC(OCCCOC)CC1.I. The van der Waals surface area contributed by atoms with Gasteiger partial charge in [0, 0.05) is 46.5 Å². The van der Waals surface area contributed by atoms with Gasteiger partial charge in [-0.05, 0) is 71.0 Å². The van der Waals surface area contributed by atoms with E-state index in [2.05, 4.69) is 29.0 Å². The van der Waals surface area contributed by atoms with Crippen molar-refractivity contribution in [2.45, 2.75) is 58.5 Å². The molecule has 0 amide bonds. The predicted molar refractivity (Wildman–Crippen MR) is 128 cm³/mol. The Morgan fingerprint density at radius 1 is 1.04 bits per heavy atom. The van der Waals surface area contributed by atoms with E-state index in [4.69, 9.17) is 14.5 Å². The minimum absolute atomic E-state index is 0. The number of guanidine groups is 1. The van der Waals surface area contributed by atoms with Gasteiger partial charge in [-0.1, -0.05) is 6.92 Å². The summed E-state index contributed by atoms with van der Waals surface area (Å²) in [4.78, 5) is 9.92. The van der Waals surface area contributed by atoms with E-state index in [9.17, 15) is 0 Å². The molecule has 0 radical (unpaired) electrons. The number of likely N-dealkylation sites (tertiary alicyclic amines) is 2. The van der Waals surface area contributed by atoms with Crippen molar-refractivity contribution in [2.24, 2.45) is 10.9 Å². The van der Waals surface area contributed by atoms with Crippen molar-refractivity contribution in [3.63, 3.8) is 0 Å². The van der Waals surface area contributed by atoms with Gasteiger partial charge in [0.2, 0.25) is 0 Å². The second-order valence-electron chi connectivity index (χ2n) is 7.81. The van der Waals surface area contributed by atoms with Crippen molar-refractivity contribution in [3.8, 4) is 0 Å². The highest BCUT2D eigenvalue weighted by Gasteiger charge is 2.22. The van der Waals surface area contributed by atoms with Crippen LogP contribution in [0.4, 0.5) is 0 Å². The first-order valence-electron chi connectivity index (χ1n) is 11.1. The molecule has 2 aliphatic heterocycles. The predicted octanol–water partition coefficient (Wildman–Crippen LogP) is 3.21. The summed E-state index contributed by atoms with van der Waals surface area (Å²) in [6, 6.07) is 0. The summed E-state index contributed by atoms with van der Waals surface area (Å²) in [6.07, 6.45) is 7.46. The van der Waals surface area contributed by atoms with Crippen LogP contribution in [-0.2, 0) is 9.47 Å². The first kappa shape index (κ1) is 25.9. The number of nitrogens with one attached hydrogen (secondary N) is 1. The van der Waals surface area contributed by atoms with Gasteiger partial charge in [0.05, 0.1) is 6.10 Å². The second-order valence-corrected chi connectivity index (χ2v) is 7.81. The number of hydrogen-bond donors (Lipinski definition) is 1. The number of halogens is 1. The van der Waals surface area contributed by atoms with Crippen molar-refractivity contribution in [1.82, 2.24) is 15.1 Å². The van der Waals surface area contributed by atoms with E-state index in [1.165, 1.54) is 38.9 Å². The Hall–Kier alpha value is -0.120. The van der Waals surface area contributed by atoms with Crippen LogP contribution in [0.5, 0.6) is 0 Å². The summed E-state index contributed by atoms with van der Waals surface area (Å²) < 4.78 is 11.1. The van der Waals surface area contributed by atoms with Crippen molar-refractivity contribution in [1.29, 1.82) is 0 Å². The lowest BCUT2D eigenvalue weighted by Crippen LogP contribution is -2.47. The van der Waals surface area contributed by atoms with E-state index in [0.717, 1.165) is 70.5 Å². The number of piperidine rings is 2. The van der Waals surface area contributed by atoms with E-state index >= 15 is 0 Å². The molecule has 166 valence electrons. The maximum atomic E-state index is 5.98. The summed E-state index contributed by atoms with van der Waals surface area (Å²) in [5.74, 6) is 1.95.